The van der Waals surface area contributed by atoms with Crippen LogP contribution in [0, 0.1) is 0 Å². The van der Waals surface area contributed by atoms with Gasteiger partial charge in [-0.15, -0.1) is 0 Å². The molecular weight excluding hydrogens is 286 g/mol. The van der Waals surface area contributed by atoms with Gasteiger partial charge in [0.05, 0.1) is 17.8 Å². The Bertz CT molecular complexity index is 699. The van der Waals surface area contributed by atoms with Crippen LogP contribution in [0.3, 0.4) is 0 Å². The number of hydrogen-bond donors (Lipinski definition) is 2. The molecule has 23 heavy (non-hydrogen) atoms. The van der Waals surface area contributed by atoms with E-state index in [-0.39, 0.29) is 0 Å². The molecule has 2 aromatic carbocycles. The molecule has 0 saturated heterocycles. The van der Waals surface area contributed by atoms with Crippen molar-refractivity contribution < 1.29 is 4.74 Å². The lowest BCUT2D eigenvalue weighted by molar-refractivity contribution is 0.384. The summed E-state index contributed by atoms with van der Waals surface area (Å²) in [5.41, 5.74) is 0.932. The number of ether oxygens (including phenoxy) is 1. The number of hydrogen-bond acceptors (Lipinski definition) is 4. The Morgan fingerprint density at radius 2 is 1.74 bits per heavy atom. The van der Waals surface area contributed by atoms with Crippen LogP contribution >= 0.6 is 0 Å². The highest BCUT2D eigenvalue weighted by molar-refractivity contribution is 5.96. The first-order valence-corrected chi connectivity index (χ1v) is 8.32. The third-order valence-corrected chi connectivity index (χ3v) is 4.46. The lowest BCUT2D eigenvalue weighted by Gasteiger charge is -2.23. The molecule has 2 aromatic rings. The molecule has 2 atom stereocenters. The van der Waals surface area contributed by atoms with Gasteiger partial charge in [-0.05, 0) is 37.1 Å². The third kappa shape index (κ3) is 3.16. The number of nitrogens with one attached hydrogen (secondary N) is 2. The van der Waals surface area contributed by atoms with E-state index in [1.807, 2.05) is 54.6 Å². The van der Waals surface area contributed by atoms with Crippen LogP contribution in [-0.2, 0) is 0 Å². The zero-order valence-corrected chi connectivity index (χ0v) is 13.0. The van der Waals surface area contributed by atoms with Gasteiger partial charge in [-0.3, -0.25) is 0 Å². The van der Waals surface area contributed by atoms with Crippen LogP contribution in [0.1, 0.15) is 25.7 Å². The van der Waals surface area contributed by atoms with E-state index in [9.17, 15) is 0 Å². The monoisotopic (exact) mass is 307 g/mol. The number of para-hydroxylation sites is 3. The minimum Gasteiger partial charge on any atom is -0.455 e. The van der Waals surface area contributed by atoms with E-state index < -0.39 is 0 Å². The largest absolute Gasteiger partial charge is 0.455 e. The molecule has 2 N–H and O–H groups in total. The standard InChI is InChI=1S/C19H21N3O/c1-2-8-14(9-3-1)23-18-13-7-6-12-17(18)22-19-20-15-10-4-5-11-16(15)21-19/h1-3,6-9,12-13,15-16H,4-5,10-11H2,(H2,20,21,22)/t15-,16-/m0/s1. The second-order valence-electron chi connectivity index (χ2n) is 6.12. The van der Waals surface area contributed by atoms with Crippen LogP contribution in [0.15, 0.2) is 59.6 Å². The predicted octanol–water partition coefficient (Wildman–Crippen LogP) is 4.16. The fourth-order valence-corrected chi connectivity index (χ4v) is 3.28. The maximum atomic E-state index is 5.99. The molecule has 0 unspecified atom stereocenters. The summed E-state index contributed by atoms with van der Waals surface area (Å²) in [6.07, 6.45) is 4.98. The van der Waals surface area contributed by atoms with Gasteiger partial charge in [-0.1, -0.05) is 43.2 Å². The maximum absolute atomic E-state index is 5.99. The van der Waals surface area contributed by atoms with Crippen LogP contribution in [-0.4, -0.2) is 18.0 Å². The fourth-order valence-electron chi connectivity index (χ4n) is 3.28. The molecule has 1 aliphatic heterocycles. The molecule has 0 aromatic heterocycles. The first-order chi connectivity index (χ1) is 11.4. The highest BCUT2D eigenvalue weighted by Crippen LogP contribution is 2.30. The van der Waals surface area contributed by atoms with Gasteiger partial charge in [-0.2, -0.15) is 0 Å². The van der Waals surface area contributed by atoms with Gasteiger partial charge >= 0.3 is 0 Å². The van der Waals surface area contributed by atoms with E-state index in [0.29, 0.717) is 12.1 Å². The van der Waals surface area contributed by atoms with Crippen molar-refractivity contribution in [3.63, 3.8) is 0 Å². The molecule has 4 nitrogen and oxygen atoms in total. The molecule has 2 aliphatic rings. The lowest BCUT2D eigenvalue weighted by Crippen LogP contribution is -2.38. The second kappa shape index (κ2) is 6.32. The van der Waals surface area contributed by atoms with Crippen molar-refractivity contribution in [2.75, 3.05) is 5.32 Å². The quantitative estimate of drug-likeness (QED) is 0.895. The Hall–Kier alpha value is -2.49. The number of aliphatic imine (C=N–C) groups is 1. The Morgan fingerprint density at radius 3 is 2.61 bits per heavy atom. The summed E-state index contributed by atoms with van der Waals surface area (Å²) < 4.78 is 5.99. The van der Waals surface area contributed by atoms with Gasteiger partial charge in [0.2, 0.25) is 0 Å². The molecule has 1 aliphatic carbocycles. The lowest BCUT2D eigenvalue weighted by atomic mass is 9.92. The highest BCUT2D eigenvalue weighted by atomic mass is 16.5. The number of benzene rings is 2. The van der Waals surface area contributed by atoms with Crippen molar-refractivity contribution in [1.29, 1.82) is 0 Å². The summed E-state index contributed by atoms with van der Waals surface area (Å²) in [5, 5.41) is 6.92. The number of anilines is 1. The summed E-state index contributed by atoms with van der Waals surface area (Å²) in [6.45, 7) is 0. The first kappa shape index (κ1) is 14.1. The van der Waals surface area contributed by atoms with E-state index in [0.717, 1.165) is 23.1 Å². The Balaban J connectivity index is 1.51. The maximum Gasteiger partial charge on any atom is 0.196 e. The zero-order valence-electron chi connectivity index (χ0n) is 13.0. The van der Waals surface area contributed by atoms with Crippen LogP contribution in [0.2, 0.25) is 0 Å². The van der Waals surface area contributed by atoms with Crippen LogP contribution in [0.5, 0.6) is 11.5 Å². The van der Waals surface area contributed by atoms with Crippen molar-refractivity contribution in [1.82, 2.24) is 5.32 Å². The first-order valence-electron chi connectivity index (χ1n) is 8.32. The van der Waals surface area contributed by atoms with Crippen LogP contribution in [0.25, 0.3) is 0 Å². The number of fused-ring (bicyclic) bond motifs is 1. The molecule has 1 fully saturated rings. The Morgan fingerprint density at radius 1 is 0.957 bits per heavy atom. The summed E-state index contributed by atoms with van der Waals surface area (Å²) in [6, 6.07) is 18.7. The van der Waals surface area contributed by atoms with E-state index in [1.54, 1.807) is 0 Å². The molecule has 1 heterocycles. The molecule has 0 radical (unpaired) electrons. The summed E-state index contributed by atoms with van der Waals surface area (Å²) in [4.78, 5) is 4.79. The van der Waals surface area contributed by atoms with Gasteiger partial charge in [0.1, 0.15) is 5.75 Å². The molecule has 118 valence electrons. The predicted molar refractivity (Wildman–Crippen MR) is 93.2 cm³/mol. The molecule has 4 heteroatoms. The summed E-state index contributed by atoms with van der Waals surface area (Å²) in [5.74, 6) is 2.50. The smallest absolute Gasteiger partial charge is 0.196 e. The molecule has 0 bridgehead atoms. The molecular formula is C19H21N3O. The molecule has 1 saturated carbocycles. The fraction of sp³-hybridized carbons (Fsp3) is 0.316. The molecule has 0 spiro atoms. The van der Waals surface area contributed by atoms with Crippen molar-refractivity contribution >= 4 is 11.6 Å². The Kier molecular flexibility index (Phi) is 3.88. The van der Waals surface area contributed by atoms with Crippen LogP contribution in [0.4, 0.5) is 5.69 Å². The van der Waals surface area contributed by atoms with Crippen molar-refractivity contribution in [2.45, 2.75) is 37.8 Å². The van der Waals surface area contributed by atoms with Gasteiger partial charge < -0.3 is 15.4 Å². The summed E-state index contributed by atoms with van der Waals surface area (Å²) in [7, 11) is 0. The van der Waals surface area contributed by atoms with Crippen molar-refractivity contribution in [3.05, 3.63) is 54.6 Å². The van der Waals surface area contributed by atoms with Gasteiger partial charge in [0.15, 0.2) is 11.7 Å². The number of rotatable bonds is 3. The van der Waals surface area contributed by atoms with Crippen molar-refractivity contribution in [3.8, 4) is 11.5 Å². The number of guanidine groups is 1. The average molecular weight is 307 g/mol. The van der Waals surface area contributed by atoms with E-state index in [4.69, 9.17) is 9.73 Å². The average Bonchev–Trinajstić information content (AvgIpc) is 3.00. The van der Waals surface area contributed by atoms with Gasteiger partial charge in [0, 0.05) is 0 Å². The highest BCUT2D eigenvalue weighted by Gasteiger charge is 2.30. The molecule has 0 amide bonds. The number of nitrogens with zero attached hydrogens (tertiary/aromatic N) is 1. The van der Waals surface area contributed by atoms with E-state index in [2.05, 4.69) is 10.6 Å². The second-order valence-corrected chi connectivity index (χ2v) is 6.12. The van der Waals surface area contributed by atoms with E-state index >= 15 is 0 Å². The van der Waals surface area contributed by atoms with Crippen LogP contribution < -0.4 is 15.4 Å². The molecule has 4 rings (SSSR count). The third-order valence-electron chi connectivity index (χ3n) is 4.46. The minimum atomic E-state index is 0.424. The van der Waals surface area contributed by atoms with Gasteiger partial charge in [0.25, 0.3) is 0 Å². The Labute approximate surface area is 136 Å². The normalized spacial score (nSPS) is 22.7. The SMILES string of the molecule is c1ccc(Oc2ccccc2NC2=N[C@H]3CCCC[C@@H]3N2)cc1. The zero-order chi connectivity index (χ0) is 15.5. The van der Waals surface area contributed by atoms with Crippen molar-refractivity contribution in [2.24, 2.45) is 4.99 Å². The minimum absolute atomic E-state index is 0.424. The topological polar surface area (TPSA) is 45.6 Å². The van der Waals surface area contributed by atoms with E-state index in [1.165, 1.54) is 25.7 Å². The summed E-state index contributed by atoms with van der Waals surface area (Å²) >= 11 is 0. The van der Waals surface area contributed by atoms with Gasteiger partial charge in [-0.25, -0.2) is 4.99 Å².